The van der Waals surface area contributed by atoms with Gasteiger partial charge in [-0.25, -0.2) is 0 Å². The van der Waals surface area contributed by atoms with Gasteiger partial charge in [0.05, 0.1) is 19.8 Å². The van der Waals surface area contributed by atoms with Crippen molar-refractivity contribution in [2.24, 2.45) is 5.92 Å². The topological polar surface area (TPSA) is 38.7 Å². The number of methoxy groups -OCH3 is 1. The second-order valence-corrected chi connectivity index (χ2v) is 4.55. The maximum atomic E-state index is 9.71. The Morgan fingerprint density at radius 2 is 2.00 bits per heavy atom. The molecule has 1 aliphatic rings. The van der Waals surface area contributed by atoms with Gasteiger partial charge in [0.15, 0.2) is 11.5 Å². The molecule has 1 saturated carbocycles. The first kappa shape index (κ1) is 12.2. The molecule has 0 heterocycles. The average Bonchev–Trinajstić information content (AvgIpc) is 2.76. The van der Waals surface area contributed by atoms with Gasteiger partial charge < -0.3 is 14.6 Å². The molecule has 17 heavy (non-hydrogen) atoms. The molecule has 94 valence electrons. The van der Waals surface area contributed by atoms with Crippen LogP contribution >= 0.6 is 0 Å². The van der Waals surface area contributed by atoms with Gasteiger partial charge >= 0.3 is 0 Å². The molecular formula is C14H20O3. The minimum Gasteiger partial charge on any atom is -0.493 e. The third-order valence-electron chi connectivity index (χ3n) is 3.43. The Labute approximate surface area is 102 Å². The van der Waals surface area contributed by atoms with Gasteiger partial charge in [-0.15, -0.1) is 0 Å². The van der Waals surface area contributed by atoms with Crippen LogP contribution in [0.2, 0.25) is 0 Å². The van der Waals surface area contributed by atoms with Crippen molar-refractivity contribution >= 4 is 0 Å². The average molecular weight is 236 g/mol. The molecule has 3 nitrogen and oxygen atoms in total. The van der Waals surface area contributed by atoms with Gasteiger partial charge in [-0.3, -0.25) is 0 Å². The second-order valence-electron chi connectivity index (χ2n) is 4.55. The summed E-state index contributed by atoms with van der Waals surface area (Å²) in [7, 11) is 1.64. The summed E-state index contributed by atoms with van der Waals surface area (Å²) in [4.78, 5) is 0. The van der Waals surface area contributed by atoms with E-state index in [9.17, 15) is 5.11 Å². The number of rotatable bonds is 5. The van der Waals surface area contributed by atoms with Gasteiger partial charge in [0.25, 0.3) is 0 Å². The highest BCUT2D eigenvalue weighted by Gasteiger charge is 2.24. The number of hydrogen-bond donors (Lipinski definition) is 1. The highest BCUT2D eigenvalue weighted by Crippen LogP contribution is 2.30. The Morgan fingerprint density at radius 3 is 2.65 bits per heavy atom. The number of benzene rings is 1. The SMILES string of the molecule is COc1ccccc1OCCC1CCCC1O. The summed E-state index contributed by atoms with van der Waals surface area (Å²) in [5, 5.41) is 9.71. The van der Waals surface area contributed by atoms with Crippen LogP contribution in [0.1, 0.15) is 25.7 Å². The quantitative estimate of drug-likeness (QED) is 0.854. The molecule has 1 aromatic rings. The Morgan fingerprint density at radius 1 is 1.24 bits per heavy atom. The van der Waals surface area contributed by atoms with E-state index in [4.69, 9.17) is 9.47 Å². The van der Waals surface area contributed by atoms with Crippen LogP contribution in [-0.2, 0) is 0 Å². The summed E-state index contributed by atoms with van der Waals surface area (Å²) in [6.45, 7) is 0.641. The fraction of sp³-hybridized carbons (Fsp3) is 0.571. The van der Waals surface area contributed by atoms with E-state index in [2.05, 4.69) is 0 Å². The van der Waals surface area contributed by atoms with Crippen LogP contribution in [0.4, 0.5) is 0 Å². The van der Waals surface area contributed by atoms with Crippen LogP contribution in [-0.4, -0.2) is 24.9 Å². The fourth-order valence-electron chi connectivity index (χ4n) is 2.41. The van der Waals surface area contributed by atoms with E-state index >= 15 is 0 Å². The Kier molecular flexibility index (Phi) is 4.26. The molecule has 1 N–H and O–H groups in total. The van der Waals surface area contributed by atoms with Crippen molar-refractivity contribution in [2.75, 3.05) is 13.7 Å². The van der Waals surface area contributed by atoms with Crippen molar-refractivity contribution in [3.05, 3.63) is 24.3 Å². The van der Waals surface area contributed by atoms with Gasteiger partial charge in [0, 0.05) is 0 Å². The second kappa shape index (κ2) is 5.92. The maximum Gasteiger partial charge on any atom is 0.161 e. The van der Waals surface area contributed by atoms with Crippen molar-refractivity contribution in [1.82, 2.24) is 0 Å². The molecule has 0 bridgehead atoms. The van der Waals surface area contributed by atoms with Crippen LogP contribution in [0.3, 0.4) is 0 Å². The summed E-state index contributed by atoms with van der Waals surface area (Å²) < 4.78 is 10.9. The highest BCUT2D eigenvalue weighted by atomic mass is 16.5. The highest BCUT2D eigenvalue weighted by molar-refractivity contribution is 5.39. The molecule has 2 unspecified atom stereocenters. The predicted octanol–water partition coefficient (Wildman–Crippen LogP) is 2.63. The van der Waals surface area contributed by atoms with E-state index in [1.54, 1.807) is 7.11 Å². The van der Waals surface area contributed by atoms with E-state index in [-0.39, 0.29) is 6.10 Å². The first-order valence-electron chi connectivity index (χ1n) is 6.25. The number of para-hydroxylation sites is 2. The van der Waals surface area contributed by atoms with Crippen molar-refractivity contribution in [1.29, 1.82) is 0 Å². The van der Waals surface area contributed by atoms with Gasteiger partial charge in [-0.2, -0.15) is 0 Å². The van der Waals surface area contributed by atoms with Gasteiger partial charge in [-0.1, -0.05) is 18.6 Å². The van der Waals surface area contributed by atoms with E-state index in [1.807, 2.05) is 24.3 Å². The van der Waals surface area contributed by atoms with E-state index in [0.717, 1.165) is 37.2 Å². The third-order valence-corrected chi connectivity index (χ3v) is 3.43. The van der Waals surface area contributed by atoms with E-state index in [1.165, 1.54) is 0 Å². The molecule has 2 atom stereocenters. The zero-order valence-electron chi connectivity index (χ0n) is 10.3. The summed E-state index contributed by atoms with van der Waals surface area (Å²) in [5.74, 6) is 1.95. The smallest absolute Gasteiger partial charge is 0.161 e. The first-order chi connectivity index (χ1) is 8.31. The molecule has 0 amide bonds. The molecule has 2 rings (SSSR count). The molecule has 1 aromatic carbocycles. The van der Waals surface area contributed by atoms with Crippen LogP contribution in [0.25, 0.3) is 0 Å². The van der Waals surface area contributed by atoms with Crippen molar-refractivity contribution in [3.8, 4) is 11.5 Å². The normalized spacial score (nSPS) is 23.6. The molecular weight excluding hydrogens is 216 g/mol. The van der Waals surface area contributed by atoms with E-state index < -0.39 is 0 Å². The Hall–Kier alpha value is -1.22. The number of aliphatic hydroxyl groups excluding tert-OH is 1. The predicted molar refractivity (Wildman–Crippen MR) is 66.5 cm³/mol. The third kappa shape index (κ3) is 3.13. The minimum atomic E-state index is -0.128. The summed E-state index contributed by atoms with van der Waals surface area (Å²) in [5.41, 5.74) is 0. The fourth-order valence-corrected chi connectivity index (χ4v) is 2.41. The number of ether oxygens (including phenoxy) is 2. The van der Waals surface area contributed by atoms with Crippen LogP contribution in [0.15, 0.2) is 24.3 Å². The molecule has 3 heteroatoms. The Bertz CT molecular complexity index is 351. The van der Waals surface area contributed by atoms with Crippen molar-refractivity contribution in [3.63, 3.8) is 0 Å². The zero-order valence-corrected chi connectivity index (χ0v) is 10.3. The molecule has 0 spiro atoms. The molecule has 1 fully saturated rings. The van der Waals surface area contributed by atoms with Crippen molar-refractivity contribution < 1.29 is 14.6 Å². The lowest BCUT2D eigenvalue weighted by molar-refractivity contribution is 0.116. The maximum absolute atomic E-state index is 9.71. The number of aliphatic hydroxyl groups is 1. The zero-order chi connectivity index (χ0) is 12.1. The Balaban J connectivity index is 1.81. The first-order valence-corrected chi connectivity index (χ1v) is 6.25. The molecule has 1 aliphatic carbocycles. The van der Waals surface area contributed by atoms with Gasteiger partial charge in [0.1, 0.15) is 0 Å². The minimum absolute atomic E-state index is 0.128. The lowest BCUT2D eigenvalue weighted by Gasteiger charge is -2.15. The summed E-state index contributed by atoms with van der Waals surface area (Å²) in [6.07, 6.45) is 3.99. The van der Waals surface area contributed by atoms with Crippen molar-refractivity contribution in [2.45, 2.75) is 31.8 Å². The van der Waals surface area contributed by atoms with Crippen LogP contribution in [0, 0.1) is 5.92 Å². The molecule has 0 saturated heterocycles. The van der Waals surface area contributed by atoms with E-state index in [0.29, 0.717) is 12.5 Å². The largest absolute Gasteiger partial charge is 0.493 e. The summed E-state index contributed by atoms with van der Waals surface area (Å²) >= 11 is 0. The van der Waals surface area contributed by atoms with Crippen LogP contribution < -0.4 is 9.47 Å². The summed E-state index contributed by atoms with van der Waals surface area (Å²) in [6, 6.07) is 7.65. The lowest BCUT2D eigenvalue weighted by Crippen LogP contribution is -2.16. The van der Waals surface area contributed by atoms with Gasteiger partial charge in [-0.05, 0) is 37.3 Å². The van der Waals surface area contributed by atoms with Gasteiger partial charge in [0.2, 0.25) is 0 Å². The molecule has 0 aliphatic heterocycles. The number of hydrogen-bond acceptors (Lipinski definition) is 3. The van der Waals surface area contributed by atoms with Crippen LogP contribution in [0.5, 0.6) is 11.5 Å². The standard InChI is InChI=1S/C14H20O3/c1-16-13-7-2-3-8-14(13)17-10-9-11-5-4-6-12(11)15/h2-3,7-8,11-12,15H,4-6,9-10H2,1H3. The molecule has 0 radical (unpaired) electrons. The lowest BCUT2D eigenvalue weighted by atomic mass is 10.0. The monoisotopic (exact) mass is 236 g/mol. The molecule has 0 aromatic heterocycles.